The van der Waals surface area contributed by atoms with E-state index in [1.54, 1.807) is 0 Å². The van der Waals surface area contributed by atoms with Gasteiger partial charge in [0.1, 0.15) is 0 Å². The van der Waals surface area contributed by atoms with E-state index in [1.807, 2.05) is 36.1 Å². The minimum Gasteiger partial charge on any atom is -0.375 e. The predicted octanol–water partition coefficient (Wildman–Crippen LogP) is 1.93. The molecule has 1 fully saturated rings. The molecule has 0 unspecified atom stereocenters. The Kier molecular flexibility index (Phi) is 6.44. The number of morpholine rings is 1. The minimum absolute atomic E-state index is 0.0124. The number of nitrogens with one attached hydrogen (secondary N) is 1. The molecule has 1 amide bonds. The first-order valence-electron chi connectivity index (χ1n) is 7.61. The van der Waals surface area contributed by atoms with Gasteiger partial charge in [-0.15, -0.1) is 0 Å². The van der Waals surface area contributed by atoms with E-state index in [-0.39, 0.29) is 12.0 Å². The monoisotopic (exact) mass is 288 g/mol. The van der Waals surface area contributed by atoms with Crippen molar-refractivity contribution in [2.45, 2.75) is 19.4 Å². The average molecular weight is 288 g/mol. The quantitative estimate of drug-likeness (QED) is 0.869. The van der Waals surface area contributed by atoms with Crippen LogP contribution in [0, 0.1) is 0 Å². The highest BCUT2D eigenvalue weighted by molar-refractivity contribution is 5.77. The summed E-state index contributed by atoms with van der Waals surface area (Å²) in [4.78, 5) is 14.1. The molecule has 4 nitrogen and oxygen atoms in total. The van der Waals surface area contributed by atoms with E-state index in [1.165, 1.54) is 0 Å². The van der Waals surface area contributed by atoms with Gasteiger partial charge in [-0.05, 0) is 12.5 Å². The van der Waals surface area contributed by atoms with Crippen LogP contribution in [0.4, 0.5) is 0 Å². The van der Waals surface area contributed by atoms with Crippen molar-refractivity contribution in [1.29, 1.82) is 0 Å². The predicted molar refractivity (Wildman–Crippen MR) is 85.0 cm³/mol. The minimum atomic E-state index is 0.0124. The summed E-state index contributed by atoms with van der Waals surface area (Å²) < 4.78 is 5.59. The fraction of sp³-hybridized carbons (Fsp3) is 0.471. The average Bonchev–Trinajstić information content (AvgIpc) is 2.53. The van der Waals surface area contributed by atoms with Gasteiger partial charge in [0.2, 0.25) is 5.91 Å². The lowest BCUT2D eigenvalue weighted by molar-refractivity contribution is -0.134. The first-order valence-corrected chi connectivity index (χ1v) is 7.61. The second-order valence-electron chi connectivity index (χ2n) is 5.15. The molecular formula is C17H24N2O2. The highest BCUT2D eigenvalue weighted by Gasteiger charge is 2.20. The van der Waals surface area contributed by atoms with Gasteiger partial charge in [-0.25, -0.2) is 0 Å². The molecular weight excluding hydrogens is 264 g/mol. The van der Waals surface area contributed by atoms with Crippen LogP contribution in [0.15, 0.2) is 36.4 Å². The first-order chi connectivity index (χ1) is 10.3. The number of benzene rings is 1. The van der Waals surface area contributed by atoms with Crippen molar-refractivity contribution in [3.8, 4) is 0 Å². The highest BCUT2D eigenvalue weighted by atomic mass is 16.5. The first kappa shape index (κ1) is 15.7. The molecule has 1 N–H and O–H groups in total. The third-order valence-electron chi connectivity index (χ3n) is 3.58. The smallest absolute Gasteiger partial charge is 0.225 e. The van der Waals surface area contributed by atoms with Gasteiger partial charge in [0, 0.05) is 26.2 Å². The summed E-state index contributed by atoms with van der Waals surface area (Å²) in [7, 11) is 0. The molecule has 0 spiro atoms. The maximum atomic E-state index is 12.3. The molecule has 21 heavy (non-hydrogen) atoms. The van der Waals surface area contributed by atoms with Crippen molar-refractivity contribution in [3.05, 3.63) is 42.0 Å². The van der Waals surface area contributed by atoms with Gasteiger partial charge in [0.05, 0.1) is 19.1 Å². The Balaban J connectivity index is 1.81. The number of hydrogen-bond donors (Lipinski definition) is 1. The summed E-state index contributed by atoms with van der Waals surface area (Å²) in [6.45, 7) is 5.71. The maximum Gasteiger partial charge on any atom is 0.225 e. The molecule has 0 aliphatic carbocycles. The number of likely N-dealkylation sites (N-methyl/N-ethyl adjacent to an activating group) is 1. The number of carbonyl (C=O) groups excluding carboxylic acids is 1. The molecule has 0 radical (unpaired) electrons. The maximum absolute atomic E-state index is 12.3. The molecule has 1 aromatic carbocycles. The summed E-state index contributed by atoms with van der Waals surface area (Å²) in [6.07, 6.45) is 4.56. The number of hydrogen-bond acceptors (Lipinski definition) is 3. The second-order valence-corrected chi connectivity index (χ2v) is 5.15. The van der Waals surface area contributed by atoms with Gasteiger partial charge in [0.15, 0.2) is 0 Å². The summed E-state index contributed by atoms with van der Waals surface area (Å²) in [5.74, 6) is 0.156. The fourth-order valence-electron chi connectivity index (χ4n) is 2.36. The van der Waals surface area contributed by atoms with Crippen LogP contribution in [0.1, 0.15) is 18.9 Å². The van der Waals surface area contributed by atoms with Crippen molar-refractivity contribution in [1.82, 2.24) is 10.2 Å². The lowest BCUT2D eigenvalue weighted by Crippen LogP contribution is -2.42. The van der Waals surface area contributed by atoms with Crippen LogP contribution in [0.5, 0.6) is 0 Å². The van der Waals surface area contributed by atoms with Gasteiger partial charge in [-0.1, -0.05) is 42.5 Å². The molecule has 0 saturated carbocycles. The van der Waals surface area contributed by atoms with E-state index in [9.17, 15) is 4.79 Å². The number of amides is 1. The Morgan fingerprint density at radius 1 is 1.43 bits per heavy atom. The van der Waals surface area contributed by atoms with E-state index < -0.39 is 0 Å². The molecule has 114 valence electrons. The fourth-order valence-corrected chi connectivity index (χ4v) is 2.36. The molecule has 1 heterocycles. The van der Waals surface area contributed by atoms with Crippen molar-refractivity contribution in [3.63, 3.8) is 0 Å². The third kappa shape index (κ3) is 5.33. The molecule has 1 saturated heterocycles. The summed E-state index contributed by atoms with van der Waals surface area (Å²) in [5.41, 5.74) is 1.15. The van der Waals surface area contributed by atoms with Gasteiger partial charge < -0.3 is 15.0 Å². The molecule has 4 heteroatoms. The van der Waals surface area contributed by atoms with E-state index in [4.69, 9.17) is 4.74 Å². The molecule has 1 aliphatic rings. The summed E-state index contributed by atoms with van der Waals surface area (Å²) in [6, 6.07) is 10.1. The Hall–Kier alpha value is -1.65. The lowest BCUT2D eigenvalue weighted by atomic mass is 10.2. The van der Waals surface area contributed by atoms with Crippen LogP contribution in [-0.2, 0) is 9.53 Å². The lowest BCUT2D eigenvalue weighted by Gasteiger charge is -2.26. The largest absolute Gasteiger partial charge is 0.375 e. The van der Waals surface area contributed by atoms with Crippen molar-refractivity contribution < 1.29 is 9.53 Å². The van der Waals surface area contributed by atoms with Crippen LogP contribution >= 0.6 is 0 Å². The normalized spacial score (nSPS) is 18.8. The SMILES string of the molecule is CCN(C/C=C/c1ccccc1)C(=O)C[C@H]1CNCCO1. The van der Waals surface area contributed by atoms with E-state index in [2.05, 4.69) is 23.5 Å². The molecule has 1 aromatic rings. The summed E-state index contributed by atoms with van der Waals surface area (Å²) in [5, 5.41) is 3.25. The Labute approximate surface area is 126 Å². The summed E-state index contributed by atoms with van der Waals surface area (Å²) >= 11 is 0. The van der Waals surface area contributed by atoms with Crippen LogP contribution in [-0.4, -0.2) is 49.7 Å². The van der Waals surface area contributed by atoms with Crippen LogP contribution < -0.4 is 5.32 Å². The number of carbonyl (C=O) groups is 1. The zero-order valence-corrected chi connectivity index (χ0v) is 12.6. The molecule has 1 aliphatic heterocycles. The van der Waals surface area contributed by atoms with Crippen LogP contribution in [0.2, 0.25) is 0 Å². The molecule has 2 rings (SSSR count). The van der Waals surface area contributed by atoms with Crippen molar-refractivity contribution >= 4 is 12.0 Å². The zero-order valence-electron chi connectivity index (χ0n) is 12.6. The number of ether oxygens (including phenoxy) is 1. The van der Waals surface area contributed by atoms with E-state index in [0.29, 0.717) is 19.6 Å². The molecule has 0 aromatic heterocycles. The Morgan fingerprint density at radius 2 is 2.24 bits per heavy atom. The van der Waals surface area contributed by atoms with Crippen LogP contribution in [0.3, 0.4) is 0 Å². The number of rotatable bonds is 6. The molecule has 1 atom stereocenters. The second kappa shape index (κ2) is 8.60. The topological polar surface area (TPSA) is 41.6 Å². The van der Waals surface area contributed by atoms with Crippen molar-refractivity contribution in [2.75, 3.05) is 32.8 Å². The van der Waals surface area contributed by atoms with Crippen LogP contribution in [0.25, 0.3) is 6.08 Å². The Bertz CT molecular complexity index is 453. The van der Waals surface area contributed by atoms with Crippen molar-refractivity contribution in [2.24, 2.45) is 0 Å². The Morgan fingerprint density at radius 3 is 2.90 bits per heavy atom. The van der Waals surface area contributed by atoms with E-state index in [0.717, 1.165) is 25.2 Å². The zero-order chi connectivity index (χ0) is 14.9. The standard InChI is InChI=1S/C17H24N2O2/c1-2-19(11-6-9-15-7-4-3-5-8-15)17(20)13-16-14-18-10-12-21-16/h3-9,16,18H,2,10-14H2,1H3/b9-6+/t16-/m0/s1. The highest BCUT2D eigenvalue weighted by Crippen LogP contribution is 2.06. The van der Waals surface area contributed by atoms with Gasteiger partial charge in [0.25, 0.3) is 0 Å². The number of nitrogens with zero attached hydrogens (tertiary/aromatic N) is 1. The van der Waals surface area contributed by atoms with Gasteiger partial charge >= 0.3 is 0 Å². The molecule has 0 bridgehead atoms. The third-order valence-corrected chi connectivity index (χ3v) is 3.58. The van der Waals surface area contributed by atoms with Gasteiger partial charge in [-0.2, -0.15) is 0 Å². The van der Waals surface area contributed by atoms with Gasteiger partial charge in [-0.3, -0.25) is 4.79 Å². The van der Waals surface area contributed by atoms with E-state index >= 15 is 0 Å².